The molecule has 0 amide bonds. The Labute approximate surface area is 171 Å². The minimum atomic E-state index is -3.30. The van der Waals surface area contributed by atoms with Crippen LogP contribution < -0.4 is 23.1 Å². The lowest BCUT2D eigenvalue weighted by Gasteiger charge is -2.17. The zero-order chi connectivity index (χ0) is 20.9. The summed E-state index contributed by atoms with van der Waals surface area (Å²) in [7, 11) is 2.82. The van der Waals surface area contributed by atoms with E-state index in [1.54, 1.807) is 62.8 Å². The van der Waals surface area contributed by atoms with Gasteiger partial charge < -0.3 is 18.9 Å². The van der Waals surface area contributed by atoms with Gasteiger partial charge in [0.25, 0.3) is 0 Å². The molecule has 6 nitrogen and oxygen atoms in total. The van der Waals surface area contributed by atoms with Crippen molar-refractivity contribution in [2.45, 2.75) is 9.79 Å². The van der Waals surface area contributed by atoms with Crippen LogP contribution >= 0.6 is 0 Å². The van der Waals surface area contributed by atoms with Gasteiger partial charge in [-0.05, 0) is 28.5 Å². The number of ether oxygens (including phenoxy) is 4. The lowest BCUT2D eigenvalue weighted by Crippen LogP contribution is -2.21. The normalized spacial score (nSPS) is 10.9. The maximum absolute atomic E-state index is 14.5. The molecule has 0 fully saturated rings. The van der Waals surface area contributed by atoms with Crippen molar-refractivity contribution in [1.29, 1.82) is 0 Å². The standard InChI is InChI=1S/C22H23O6S/c1-24-17-10-12-21(19(14-17)26-3)29(23,28-16-8-6-5-7-9-16)22-13-11-18(25-2)15-20(22)27-4/h5-15H,1-4H3/q+1. The molecule has 0 saturated heterocycles. The molecular formula is C22H23O6S+. The van der Waals surface area contributed by atoms with Crippen LogP contribution in [0.5, 0.6) is 28.7 Å². The Morgan fingerprint density at radius 1 is 0.586 bits per heavy atom. The fourth-order valence-electron chi connectivity index (χ4n) is 2.81. The van der Waals surface area contributed by atoms with Crippen molar-refractivity contribution in [3.05, 3.63) is 66.7 Å². The average Bonchev–Trinajstić information content (AvgIpc) is 2.78. The summed E-state index contributed by atoms with van der Waals surface area (Å²) < 4.78 is 42.1. The van der Waals surface area contributed by atoms with E-state index in [4.69, 9.17) is 23.1 Å². The number of benzene rings is 3. The molecule has 0 spiro atoms. The lowest BCUT2D eigenvalue weighted by molar-refractivity contribution is 0.379. The largest absolute Gasteiger partial charge is 0.497 e. The van der Waals surface area contributed by atoms with Gasteiger partial charge in [0.05, 0.1) is 28.4 Å². The Kier molecular flexibility index (Phi) is 6.29. The molecule has 0 radical (unpaired) electrons. The molecule has 152 valence electrons. The molecule has 7 heteroatoms. The molecule has 3 aromatic rings. The highest BCUT2D eigenvalue weighted by molar-refractivity contribution is 7.99. The molecule has 0 N–H and O–H groups in total. The molecule has 0 heterocycles. The molecule has 0 saturated carbocycles. The second kappa shape index (κ2) is 8.87. The Hall–Kier alpha value is -3.19. The summed E-state index contributed by atoms with van der Waals surface area (Å²) in [6.07, 6.45) is 0. The topological polar surface area (TPSA) is 63.2 Å². The predicted octanol–water partition coefficient (Wildman–Crippen LogP) is 4.63. The predicted molar refractivity (Wildman–Crippen MR) is 111 cm³/mol. The number of hydrogen-bond donors (Lipinski definition) is 0. The van der Waals surface area contributed by atoms with E-state index in [1.165, 1.54) is 14.2 Å². The van der Waals surface area contributed by atoms with Crippen molar-refractivity contribution in [3.8, 4) is 28.7 Å². The second-order valence-corrected chi connectivity index (χ2v) is 7.99. The minimum Gasteiger partial charge on any atom is -0.497 e. The molecular weight excluding hydrogens is 392 g/mol. The van der Waals surface area contributed by atoms with E-state index in [1.807, 2.05) is 18.2 Å². The molecule has 0 bridgehead atoms. The third-order valence-corrected chi connectivity index (χ3v) is 6.54. The number of hydrogen-bond acceptors (Lipinski definition) is 6. The first kappa shape index (κ1) is 20.5. The third kappa shape index (κ3) is 4.14. The Bertz CT molecular complexity index is 960. The van der Waals surface area contributed by atoms with Crippen LogP contribution in [0.25, 0.3) is 0 Å². The van der Waals surface area contributed by atoms with E-state index < -0.39 is 10.2 Å². The first-order chi connectivity index (χ1) is 14.0. The maximum atomic E-state index is 14.5. The van der Waals surface area contributed by atoms with E-state index in [9.17, 15) is 4.21 Å². The molecule has 0 atom stereocenters. The van der Waals surface area contributed by atoms with E-state index in [0.717, 1.165) is 0 Å². The van der Waals surface area contributed by atoms with Crippen molar-refractivity contribution in [1.82, 2.24) is 0 Å². The zero-order valence-electron chi connectivity index (χ0n) is 16.7. The molecule has 0 aliphatic rings. The third-order valence-electron chi connectivity index (χ3n) is 4.28. The monoisotopic (exact) mass is 415 g/mol. The summed E-state index contributed by atoms with van der Waals surface area (Å²) in [5.41, 5.74) is 0. The molecule has 3 aromatic carbocycles. The summed E-state index contributed by atoms with van der Waals surface area (Å²) in [6.45, 7) is 0. The van der Waals surface area contributed by atoms with Gasteiger partial charge in [-0.25, -0.2) is 0 Å². The van der Waals surface area contributed by atoms with Crippen LogP contribution in [0.2, 0.25) is 0 Å². The molecule has 0 aromatic heterocycles. The average molecular weight is 415 g/mol. The fraction of sp³-hybridized carbons (Fsp3) is 0.182. The molecule has 0 unspecified atom stereocenters. The van der Waals surface area contributed by atoms with E-state index in [2.05, 4.69) is 0 Å². The quantitative estimate of drug-likeness (QED) is 0.500. The van der Waals surface area contributed by atoms with Gasteiger partial charge in [0.2, 0.25) is 9.79 Å². The second-order valence-electron chi connectivity index (χ2n) is 5.93. The minimum absolute atomic E-state index is 0.369. The molecule has 29 heavy (non-hydrogen) atoms. The van der Waals surface area contributed by atoms with Gasteiger partial charge in [-0.1, -0.05) is 18.2 Å². The van der Waals surface area contributed by atoms with Crippen LogP contribution in [0, 0.1) is 0 Å². The fourth-order valence-corrected chi connectivity index (χ4v) is 4.92. The Morgan fingerprint density at radius 2 is 1.07 bits per heavy atom. The van der Waals surface area contributed by atoms with Crippen LogP contribution in [0.15, 0.2) is 76.5 Å². The molecule has 0 aliphatic heterocycles. The van der Waals surface area contributed by atoms with E-state index in [0.29, 0.717) is 38.5 Å². The van der Waals surface area contributed by atoms with Gasteiger partial charge in [-0.15, -0.1) is 0 Å². The van der Waals surface area contributed by atoms with Crippen LogP contribution in [-0.2, 0) is 14.4 Å². The first-order valence-corrected chi connectivity index (χ1v) is 10.3. The van der Waals surface area contributed by atoms with Gasteiger partial charge in [-0.3, -0.25) is 4.18 Å². The van der Waals surface area contributed by atoms with Gasteiger partial charge in [0.15, 0.2) is 17.2 Å². The highest BCUT2D eigenvalue weighted by Crippen LogP contribution is 2.43. The highest BCUT2D eigenvalue weighted by Gasteiger charge is 2.45. The number of methoxy groups -OCH3 is 4. The van der Waals surface area contributed by atoms with Crippen molar-refractivity contribution in [2.24, 2.45) is 0 Å². The number of rotatable bonds is 8. The van der Waals surface area contributed by atoms with E-state index in [-0.39, 0.29) is 0 Å². The highest BCUT2D eigenvalue weighted by atomic mass is 32.3. The Balaban J connectivity index is 2.25. The van der Waals surface area contributed by atoms with Crippen molar-refractivity contribution >= 4 is 10.2 Å². The number of para-hydroxylation sites is 1. The van der Waals surface area contributed by atoms with Gasteiger partial charge in [0, 0.05) is 24.3 Å². The zero-order valence-corrected chi connectivity index (χ0v) is 17.5. The SMILES string of the molecule is COc1ccc([S+](=O)(Oc2ccccc2)c2ccc(OC)cc2OC)c(OC)c1. The van der Waals surface area contributed by atoms with Crippen LogP contribution in [-0.4, -0.2) is 28.4 Å². The van der Waals surface area contributed by atoms with Gasteiger partial charge >= 0.3 is 10.2 Å². The summed E-state index contributed by atoms with van der Waals surface area (Å²) in [5, 5.41) is 0. The van der Waals surface area contributed by atoms with Gasteiger partial charge in [0.1, 0.15) is 11.5 Å². The van der Waals surface area contributed by atoms with Gasteiger partial charge in [-0.2, -0.15) is 0 Å². The summed E-state index contributed by atoms with van der Waals surface area (Å²) in [5.74, 6) is 2.36. The summed E-state index contributed by atoms with van der Waals surface area (Å²) >= 11 is 0. The molecule has 0 aliphatic carbocycles. The maximum Gasteiger partial charge on any atom is 0.332 e. The van der Waals surface area contributed by atoms with Crippen LogP contribution in [0.4, 0.5) is 0 Å². The Morgan fingerprint density at radius 3 is 1.48 bits per heavy atom. The summed E-state index contributed by atoms with van der Waals surface area (Å²) in [4.78, 5) is 0.737. The van der Waals surface area contributed by atoms with Crippen molar-refractivity contribution in [3.63, 3.8) is 0 Å². The molecule has 3 rings (SSSR count). The van der Waals surface area contributed by atoms with Crippen molar-refractivity contribution < 1.29 is 27.3 Å². The van der Waals surface area contributed by atoms with Crippen LogP contribution in [0.1, 0.15) is 0 Å². The summed E-state index contributed by atoms with van der Waals surface area (Å²) in [6, 6.07) is 19.1. The first-order valence-electron chi connectivity index (χ1n) is 8.78. The van der Waals surface area contributed by atoms with E-state index >= 15 is 0 Å². The smallest absolute Gasteiger partial charge is 0.332 e. The van der Waals surface area contributed by atoms with Crippen molar-refractivity contribution in [2.75, 3.05) is 28.4 Å². The lowest BCUT2D eigenvalue weighted by atomic mass is 10.3. The van der Waals surface area contributed by atoms with Crippen LogP contribution in [0.3, 0.4) is 0 Å².